The van der Waals surface area contributed by atoms with Crippen LogP contribution in [0.4, 0.5) is 10.5 Å². The Bertz CT molecular complexity index is 1250. The molecule has 1 aliphatic heterocycles. The van der Waals surface area contributed by atoms with Crippen molar-refractivity contribution in [2.24, 2.45) is 0 Å². The fourth-order valence-electron chi connectivity index (χ4n) is 4.78. The molecule has 1 aromatic heterocycles. The SMILES string of the molecule is COc1ccccc1NC(=O)N(Cc1cc2cc3c(cc2[nH]c1=O)OCCO3)C1CCCCC1. The third kappa shape index (κ3) is 4.53. The van der Waals surface area contributed by atoms with Crippen LogP contribution in [-0.2, 0) is 6.54 Å². The van der Waals surface area contributed by atoms with Gasteiger partial charge in [-0.05, 0) is 37.1 Å². The van der Waals surface area contributed by atoms with Crippen molar-refractivity contribution < 1.29 is 19.0 Å². The number of benzene rings is 2. The van der Waals surface area contributed by atoms with Crippen LogP contribution in [0.3, 0.4) is 0 Å². The van der Waals surface area contributed by atoms with Gasteiger partial charge >= 0.3 is 6.03 Å². The Balaban J connectivity index is 1.46. The number of nitrogens with one attached hydrogen (secondary N) is 2. The van der Waals surface area contributed by atoms with Crippen LogP contribution in [0, 0.1) is 0 Å². The second-order valence-corrected chi connectivity index (χ2v) is 8.76. The average Bonchev–Trinajstić information content (AvgIpc) is 2.87. The minimum atomic E-state index is -0.238. The number of aromatic nitrogens is 1. The third-order valence-corrected chi connectivity index (χ3v) is 6.55. The van der Waals surface area contributed by atoms with Crippen LogP contribution in [-0.4, -0.2) is 42.3 Å². The van der Waals surface area contributed by atoms with Gasteiger partial charge in [-0.2, -0.15) is 0 Å². The van der Waals surface area contributed by atoms with Gasteiger partial charge in [0.25, 0.3) is 5.56 Å². The van der Waals surface area contributed by atoms with Crippen molar-refractivity contribution in [2.45, 2.75) is 44.7 Å². The van der Waals surface area contributed by atoms with Crippen molar-refractivity contribution in [3.05, 3.63) is 58.4 Å². The van der Waals surface area contributed by atoms with E-state index >= 15 is 0 Å². The van der Waals surface area contributed by atoms with E-state index in [1.807, 2.05) is 30.3 Å². The van der Waals surface area contributed by atoms with E-state index < -0.39 is 0 Å². The highest BCUT2D eigenvalue weighted by Gasteiger charge is 2.27. The average molecular weight is 464 g/mol. The summed E-state index contributed by atoms with van der Waals surface area (Å²) in [5.74, 6) is 1.88. The molecule has 1 saturated carbocycles. The van der Waals surface area contributed by atoms with Gasteiger partial charge in [-0.3, -0.25) is 4.79 Å². The molecular formula is C26H29N3O5. The minimum Gasteiger partial charge on any atom is -0.495 e. The summed E-state index contributed by atoms with van der Waals surface area (Å²) in [6, 6.07) is 12.7. The summed E-state index contributed by atoms with van der Waals surface area (Å²) in [6.07, 6.45) is 5.15. The molecule has 0 saturated heterocycles. The van der Waals surface area contributed by atoms with Crippen LogP contribution >= 0.6 is 0 Å². The molecule has 2 aromatic carbocycles. The second-order valence-electron chi connectivity index (χ2n) is 8.76. The normalized spacial score (nSPS) is 15.7. The molecule has 8 heteroatoms. The summed E-state index contributed by atoms with van der Waals surface area (Å²) in [4.78, 5) is 31.2. The minimum absolute atomic E-state index is 0.0684. The number of ether oxygens (including phenoxy) is 3. The molecular weight excluding hydrogens is 434 g/mol. The van der Waals surface area contributed by atoms with E-state index in [9.17, 15) is 9.59 Å². The Morgan fingerprint density at radius 1 is 1.09 bits per heavy atom. The van der Waals surface area contributed by atoms with Crippen LogP contribution in [0.1, 0.15) is 37.7 Å². The lowest BCUT2D eigenvalue weighted by Crippen LogP contribution is -2.44. The summed E-state index contributed by atoms with van der Waals surface area (Å²) < 4.78 is 16.7. The first-order chi connectivity index (χ1) is 16.6. The van der Waals surface area contributed by atoms with Crippen molar-refractivity contribution in [3.63, 3.8) is 0 Å². The maximum atomic E-state index is 13.5. The van der Waals surface area contributed by atoms with Crippen molar-refractivity contribution in [3.8, 4) is 17.2 Å². The lowest BCUT2D eigenvalue weighted by Gasteiger charge is -2.34. The molecule has 1 fully saturated rings. The van der Waals surface area contributed by atoms with Crippen LogP contribution in [0.2, 0.25) is 0 Å². The summed E-state index contributed by atoms with van der Waals surface area (Å²) in [6.45, 7) is 1.19. The number of aromatic amines is 1. The molecule has 2 aliphatic rings. The molecule has 0 unspecified atom stereocenters. The van der Waals surface area contributed by atoms with Crippen LogP contribution < -0.4 is 25.1 Å². The molecule has 178 valence electrons. The zero-order valence-corrected chi connectivity index (χ0v) is 19.3. The highest BCUT2D eigenvalue weighted by molar-refractivity contribution is 5.91. The van der Waals surface area contributed by atoms with Gasteiger partial charge in [0.2, 0.25) is 0 Å². The monoisotopic (exact) mass is 463 g/mol. The summed E-state index contributed by atoms with van der Waals surface area (Å²) in [5, 5.41) is 3.83. The van der Waals surface area contributed by atoms with Gasteiger partial charge in [-0.15, -0.1) is 0 Å². The molecule has 2 N–H and O–H groups in total. The molecule has 5 rings (SSSR count). The van der Waals surface area contributed by atoms with Crippen molar-refractivity contribution in [1.29, 1.82) is 0 Å². The number of para-hydroxylation sites is 2. The first-order valence-electron chi connectivity index (χ1n) is 11.8. The van der Waals surface area contributed by atoms with Gasteiger partial charge in [0.05, 0.1) is 24.9 Å². The maximum absolute atomic E-state index is 13.5. The number of methoxy groups -OCH3 is 1. The lowest BCUT2D eigenvalue weighted by molar-refractivity contribution is 0.162. The smallest absolute Gasteiger partial charge is 0.322 e. The van der Waals surface area contributed by atoms with Crippen molar-refractivity contribution in [2.75, 3.05) is 25.6 Å². The topological polar surface area (TPSA) is 92.9 Å². The van der Waals surface area contributed by atoms with Gasteiger partial charge in [-0.1, -0.05) is 31.4 Å². The van der Waals surface area contributed by atoms with Gasteiger partial charge in [0, 0.05) is 23.1 Å². The Hall–Kier alpha value is -3.68. The highest BCUT2D eigenvalue weighted by atomic mass is 16.6. The van der Waals surface area contributed by atoms with Gasteiger partial charge < -0.3 is 29.4 Å². The molecule has 1 aliphatic carbocycles. The largest absolute Gasteiger partial charge is 0.495 e. The number of anilines is 1. The van der Waals surface area contributed by atoms with E-state index in [0.717, 1.165) is 31.1 Å². The molecule has 8 nitrogen and oxygen atoms in total. The van der Waals surface area contributed by atoms with Crippen molar-refractivity contribution >= 4 is 22.6 Å². The summed E-state index contributed by atoms with van der Waals surface area (Å²) in [7, 11) is 1.58. The first kappa shape index (κ1) is 22.1. The number of amides is 2. The fourth-order valence-corrected chi connectivity index (χ4v) is 4.78. The van der Waals surface area contributed by atoms with Gasteiger partial charge in [0.1, 0.15) is 19.0 Å². The molecule has 2 amide bonds. The number of pyridine rings is 1. The van der Waals surface area contributed by atoms with Gasteiger partial charge in [-0.25, -0.2) is 4.79 Å². The number of fused-ring (bicyclic) bond motifs is 2. The van der Waals surface area contributed by atoms with E-state index in [4.69, 9.17) is 14.2 Å². The van der Waals surface area contributed by atoms with E-state index in [-0.39, 0.29) is 24.2 Å². The molecule has 0 radical (unpaired) electrons. The van der Waals surface area contributed by atoms with E-state index in [1.165, 1.54) is 6.42 Å². The van der Waals surface area contributed by atoms with E-state index in [2.05, 4.69) is 10.3 Å². The molecule has 34 heavy (non-hydrogen) atoms. The maximum Gasteiger partial charge on any atom is 0.322 e. The first-order valence-corrected chi connectivity index (χ1v) is 11.8. The number of urea groups is 1. The quantitative estimate of drug-likeness (QED) is 0.573. The fraction of sp³-hybridized carbons (Fsp3) is 0.385. The van der Waals surface area contributed by atoms with E-state index in [0.29, 0.717) is 47.2 Å². The van der Waals surface area contributed by atoms with E-state index in [1.54, 1.807) is 24.1 Å². The summed E-state index contributed by atoms with van der Waals surface area (Å²) in [5.41, 5.74) is 1.60. The Morgan fingerprint density at radius 3 is 2.59 bits per heavy atom. The standard InChI is InChI=1S/C26H29N3O5/c1-32-22-10-6-5-9-20(22)28-26(31)29(19-7-3-2-4-8-19)16-18-13-17-14-23-24(34-12-11-33-23)15-21(17)27-25(18)30/h5-6,9-10,13-15,19H,2-4,7-8,11-12,16H2,1H3,(H,27,30)(H,28,31). The zero-order valence-electron chi connectivity index (χ0n) is 19.3. The number of carbonyl (C=O) groups excluding carboxylic acids is 1. The van der Waals surface area contributed by atoms with Crippen LogP contribution in [0.15, 0.2) is 47.3 Å². The Morgan fingerprint density at radius 2 is 1.82 bits per heavy atom. The molecule has 3 aromatic rings. The highest BCUT2D eigenvalue weighted by Crippen LogP contribution is 2.34. The predicted octanol–water partition coefficient (Wildman–Crippen LogP) is 4.67. The van der Waals surface area contributed by atoms with Crippen LogP contribution in [0.5, 0.6) is 17.2 Å². The number of carbonyl (C=O) groups is 1. The molecule has 2 heterocycles. The number of rotatable bonds is 5. The van der Waals surface area contributed by atoms with Crippen LogP contribution in [0.25, 0.3) is 10.9 Å². The molecule has 0 spiro atoms. The Kier molecular flexibility index (Phi) is 6.29. The zero-order chi connectivity index (χ0) is 23.5. The Labute approximate surface area is 197 Å². The third-order valence-electron chi connectivity index (χ3n) is 6.55. The van der Waals surface area contributed by atoms with Gasteiger partial charge in [0.15, 0.2) is 11.5 Å². The summed E-state index contributed by atoms with van der Waals surface area (Å²) >= 11 is 0. The number of H-pyrrole nitrogens is 1. The lowest BCUT2D eigenvalue weighted by atomic mass is 9.94. The number of nitrogens with zero attached hydrogens (tertiary/aromatic N) is 1. The predicted molar refractivity (Wildman–Crippen MR) is 130 cm³/mol. The molecule has 0 atom stereocenters. The molecule has 0 bridgehead atoms. The van der Waals surface area contributed by atoms with Crippen molar-refractivity contribution in [1.82, 2.24) is 9.88 Å². The second kappa shape index (κ2) is 9.67. The number of hydrogen-bond donors (Lipinski definition) is 2. The number of hydrogen-bond acceptors (Lipinski definition) is 5.